The van der Waals surface area contributed by atoms with Gasteiger partial charge in [-0.2, -0.15) is 0 Å². The molecule has 0 amide bonds. The summed E-state index contributed by atoms with van der Waals surface area (Å²) >= 11 is 0. The topological polar surface area (TPSA) is 35.2 Å². The molecule has 0 heterocycles. The van der Waals surface area contributed by atoms with Gasteiger partial charge in [-0.1, -0.05) is 25.2 Å². The Morgan fingerprint density at radius 3 is 2.73 bits per heavy atom. The van der Waals surface area contributed by atoms with Crippen molar-refractivity contribution in [3.05, 3.63) is 23.8 Å². The fourth-order valence-corrected chi connectivity index (χ4v) is 0.777. The van der Waals surface area contributed by atoms with Gasteiger partial charge in [-0.3, -0.25) is 0 Å². The average Bonchev–Trinajstić information content (AvgIpc) is 2.03. The van der Waals surface area contributed by atoms with Crippen LogP contribution in [0.1, 0.15) is 13.3 Å². The van der Waals surface area contributed by atoms with Crippen molar-refractivity contribution >= 4 is 0 Å². The molecule has 0 aromatic carbocycles. The fourth-order valence-electron chi connectivity index (χ4n) is 0.777. The van der Waals surface area contributed by atoms with Gasteiger partial charge < -0.3 is 10.5 Å². The number of hydrogen-bond donors (Lipinski definition) is 1. The van der Waals surface area contributed by atoms with Gasteiger partial charge in [0.2, 0.25) is 0 Å². The van der Waals surface area contributed by atoms with E-state index >= 15 is 0 Å². The summed E-state index contributed by atoms with van der Waals surface area (Å²) in [5.74, 6) is 0. The van der Waals surface area contributed by atoms with E-state index in [-0.39, 0.29) is 0 Å². The van der Waals surface area contributed by atoms with E-state index in [0.29, 0.717) is 13.2 Å². The van der Waals surface area contributed by atoms with E-state index < -0.39 is 0 Å². The third-order valence-corrected chi connectivity index (χ3v) is 1.30. The zero-order valence-corrected chi connectivity index (χ0v) is 7.34. The van der Waals surface area contributed by atoms with Crippen molar-refractivity contribution in [3.8, 4) is 0 Å². The van der Waals surface area contributed by atoms with Crippen LogP contribution in [0.3, 0.4) is 0 Å². The lowest BCUT2D eigenvalue weighted by Gasteiger charge is -1.95. The van der Waals surface area contributed by atoms with E-state index in [1.54, 1.807) is 7.11 Å². The molecule has 0 aliphatic rings. The molecule has 0 rings (SSSR count). The largest absolute Gasteiger partial charge is 0.381 e. The van der Waals surface area contributed by atoms with Crippen molar-refractivity contribution in [2.75, 3.05) is 20.3 Å². The summed E-state index contributed by atoms with van der Waals surface area (Å²) in [6.45, 7) is 3.36. The van der Waals surface area contributed by atoms with E-state index in [0.717, 1.165) is 6.42 Å². The highest BCUT2D eigenvalue weighted by molar-refractivity contribution is 5.19. The van der Waals surface area contributed by atoms with Crippen LogP contribution in [0.2, 0.25) is 0 Å². The highest BCUT2D eigenvalue weighted by atomic mass is 16.5. The number of rotatable bonds is 5. The summed E-state index contributed by atoms with van der Waals surface area (Å²) in [6, 6.07) is 0. The molecule has 2 N–H and O–H groups in total. The van der Waals surface area contributed by atoms with E-state index in [1.807, 2.05) is 12.2 Å². The Bertz CT molecular complexity index is 138. The molecule has 0 aromatic rings. The normalized spacial score (nSPS) is 12.8. The van der Waals surface area contributed by atoms with Crippen LogP contribution in [-0.2, 0) is 4.74 Å². The second-order valence-electron chi connectivity index (χ2n) is 2.25. The first kappa shape index (κ1) is 10.4. The van der Waals surface area contributed by atoms with Crippen LogP contribution in [0.25, 0.3) is 0 Å². The van der Waals surface area contributed by atoms with Crippen molar-refractivity contribution in [2.45, 2.75) is 13.3 Å². The maximum absolute atomic E-state index is 5.48. The Kier molecular flexibility index (Phi) is 7.10. The van der Waals surface area contributed by atoms with Crippen LogP contribution in [-0.4, -0.2) is 20.3 Å². The van der Waals surface area contributed by atoms with Crippen LogP contribution in [0.15, 0.2) is 23.8 Å². The first-order valence-corrected chi connectivity index (χ1v) is 3.89. The lowest BCUT2D eigenvalue weighted by Crippen LogP contribution is -2.00. The summed E-state index contributed by atoms with van der Waals surface area (Å²) in [5, 5.41) is 0. The maximum Gasteiger partial charge on any atom is 0.0646 e. The van der Waals surface area contributed by atoms with Crippen LogP contribution < -0.4 is 5.73 Å². The summed E-state index contributed by atoms with van der Waals surface area (Å²) in [6.07, 6.45) is 7.12. The molecule has 2 nitrogen and oxygen atoms in total. The lowest BCUT2D eigenvalue weighted by atomic mass is 10.2. The monoisotopic (exact) mass is 155 g/mol. The van der Waals surface area contributed by atoms with Crippen LogP contribution in [0.5, 0.6) is 0 Å². The summed E-state index contributed by atoms with van der Waals surface area (Å²) in [4.78, 5) is 0. The second-order valence-corrected chi connectivity index (χ2v) is 2.25. The van der Waals surface area contributed by atoms with Crippen molar-refractivity contribution < 1.29 is 4.74 Å². The lowest BCUT2D eigenvalue weighted by molar-refractivity contribution is 0.234. The molecule has 0 unspecified atom stereocenters. The molecule has 0 saturated heterocycles. The minimum absolute atomic E-state index is 0.605. The van der Waals surface area contributed by atoms with Crippen LogP contribution >= 0.6 is 0 Å². The molecule has 0 radical (unpaired) electrons. The highest BCUT2D eigenvalue weighted by Crippen LogP contribution is 1.95. The number of hydrogen-bond acceptors (Lipinski definition) is 2. The van der Waals surface area contributed by atoms with E-state index in [2.05, 4.69) is 13.0 Å². The third kappa shape index (κ3) is 5.83. The molecule has 2 heteroatoms. The molecule has 0 aromatic heterocycles. The quantitative estimate of drug-likeness (QED) is 0.610. The number of nitrogens with two attached hydrogens (primary N) is 1. The standard InChI is InChI=1S/C9H17NO/c1-3-5-9(8-10)6-4-7-11-2/h4-6H,3,7-8,10H2,1-2H3/b6-4-,9-5+. The second kappa shape index (κ2) is 7.51. The van der Waals surface area contributed by atoms with Gasteiger partial charge in [0.05, 0.1) is 6.61 Å². The molecule has 64 valence electrons. The van der Waals surface area contributed by atoms with Crippen molar-refractivity contribution in [1.29, 1.82) is 0 Å². The van der Waals surface area contributed by atoms with Gasteiger partial charge in [-0.15, -0.1) is 0 Å². The molecule has 0 aliphatic heterocycles. The van der Waals surface area contributed by atoms with Crippen molar-refractivity contribution in [2.24, 2.45) is 5.73 Å². The van der Waals surface area contributed by atoms with Gasteiger partial charge in [0.1, 0.15) is 0 Å². The van der Waals surface area contributed by atoms with Gasteiger partial charge >= 0.3 is 0 Å². The Balaban J connectivity index is 3.76. The predicted octanol–water partition coefficient (Wildman–Crippen LogP) is 1.48. The van der Waals surface area contributed by atoms with E-state index in [1.165, 1.54) is 5.57 Å². The molecule has 0 atom stereocenters. The molecule has 0 spiro atoms. The van der Waals surface area contributed by atoms with Gasteiger partial charge in [-0.25, -0.2) is 0 Å². The first-order chi connectivity index (χ1) is 5.35. The Hall–Kier alpha value is -0.600. The Morgan fingerprint density at radius 1 is 1.55 bits per heavy atom. The molecule has 0 saturated carbocycles. The van der Waals surface area contributed by atoms with E-state index in [9.17, 15) is 0 Å². The SMILES string of the molecule is CC/C=C(\C=C/COC)CN. The third-order valence-electron chi connectivity index (χ3n) is 1.30. The van der Waals surface area contributed by atoms with Crippen LogP contribution in [0, 0.1) is 0 Å². The van der Waals surface area contributed by atoms with E-state index in [4.69, 9.17) is 10.5 Å². The molecule has 11 heavy (non-hydrogen) atoms. The first-order valence-electron chi connectivity index (χ1n) is 3.89. The number of methoxy groups -OCH3 is 1. The number of ether oxygens (including phenoxy) is 1. The molecule has 0 fully saturated rings. The zero-order chi connectivity index (χ0) is 8.53. The molecular weight excluding hydrogens is 138 g/mol. The highest BCUT2D eigenvalue weighted by Gasteiger charge is 1.84. The molecule has 0 aliphatic carbocycles. The minimum Gasteiger partial charge on any atom is -0.381 e. The van der Waals surface area contributed by atoms with Crippen LogP contribution in [0.4, 0.5) is 0 Å². The summed E-state index contributed by atoms with van der Waals surface area (Å²) in [5.41, 5.74) is 6.65. The minimum atomic E-state index is 0.605. The number of allylic oxidation sites excluding steroid dienone is 1. The fraction of sp³-hybridized carbons (Fsp3) is 0.556. The molecule has 0 bridgehead atoms. The van der Waals surface area contributed by atoms with Crippen molar-refractivity contribution in [1.82, 2.24) is 0 Å². The molecular formula is C9H17NO. The van der Waals surface area contributed by atoms with Gasteiger partial charge in [0.15, 0.2) is 0 Å². The Morgan fingerprint density at radius 2 is 2.27 bits per heavy atom. The average molecular weight is 155 g/mol. The van der Waals surface area contributed by atoms with Gasteiger partial charge in [0.25, 0.3) is 0 Å². The maximum atomic E-state index is 5.48. The van der Waals surface area contributed by atoms with Gasteiger partial charge in [0, 0.05) is 13.7 Å². The Labute approximate surface area is 68.7 Å². The van der Waals surface area contributed by atoms with Gasteiger partial charge in [-0.05, 0) is 12.0 Å². The summed E-state index contributed by atoms with van der Waals surface area (Å²) < 4.78 is 4.86. The smallest absolute Gasteiger partial charge is 0.0646 e. The van der Waals surface area contributed by atoms with Crippen molar-refractivity contribution in [3.63, 3.8) is 0 Å². The zero-order valence-electron chi connectivity index (χ0n) is 7.34. The summed E-state index contributed by atoms with van der Waals surface area (Å²) in [7, 11) is 1.68. The predicted molar refractivity (Wildman–Crippen MR) is 48.4 cm³/mol.